The first-order valence-electron chi connectivity index (χ1n) is 9.29. The van der Waals surface area contributed by atoms with Gasteiger partial charge in [-0.3, -0.25) is 0 Å². The van der Waals surface area contributed by atoms with Crippen LogP contribution in [0.4, 0.5) is 17.5 Å². The number of hydrogen-bond donors (Lipinski definition) is 1. The number of nitrogens with one attached hydrogen (secondary N) is 1. The minimum absolute atomic E-state index is 0.450. The normalized spacial score (nSPS) is 12.9. The molecule has 0 saturated carbocycles. The Bertz CT molecular complexity index is 994. The molecule has 0 radical (unpaired) electrons. The molecule has 1 aromatic heterocycles. The topological polar surface area (TPSA) is 81.6 Å². The smallest absolute Gasteiger partial charge is 0.249 e. The zero-order valence-electron chi connectivity index (χ0n) is 16.7. The van der Waals surface area contributed by atoms with E-state index in [1.165, 1.54) is 11.1 Å². The van der Waals surface area contributed by atoms with E-state index in [4.69, 9.17) is 14.2 Å². The average molecular weight is 393 g/mol. The molecule has 0 spiro atoms. The van der Waals surface area contributed by atoms with Gasteiger partial charge in [-0.05, 0) is 53.9 Å². The van der Waals surface area contributed by atoms with Gasteiger partial charge in [0.1, 0.15) is 5.75 Å². The molecule has 0 aliphatic carbocycles. The molecule has 2 aromatic carbocycles. The molecule has 150 valence electrons. The molecule has 29 heavy (non-hydrogen) atoms. The lowest BCUT2D eigenvalue weighted by Gasteiger charge is -2.30. The molecule has 0 unspecified atom stereocenters. The quantitative estimate of drug-likeness (QED) is 0.684. The van der Waals surface area contributed by atoms with Crippen LogP contribution < -0.4 is 24.4 Å². The number of anilines is 3. The van der Waals surface area contributed by atoms with Gasteiger partial charge in [-0.2, -0.15) is 10.1 Å². The Morgan fingerprint density at radius 3 is 2.34 bits per heavy atom. The van der Waals surface area contributed by atoms with Crippen LogP contribution in [0, 0.1) is 0 Å². The third-order valence-corrected chi connectivity index (χ3v) is 4.93. The van der Waals surface area contributed by atoms with Crippen molar-refractivity contribution in [3.05, 3.63) is 53.7 Å². The molecule has 0 fully saturated rings. The summed E-state index contributed by atoms with van der Waals surface area (Å²) in [6, 6.07) is 11.7. The first-order valence-corrected chi connectivity index (χ1v) is 9.29. The summed E-state index contributed by atoms with van der Waals surface area (Å²) in [5, 5.41) is 11.4. The van der Waals surface area contributed by atoms with Crippen molar-refractivity contribution in [2.45, 2.75) is 13.0 Å². The zero-order chi connectivity index (χ0) is 20.2. The van der Waals surface area contributed by atoms with E-state index in [-0.39, 0.29) is 0 Å². The van der Waals surface area contributed by atoms with E-state index in [0.717, 1.165) is 48.3 Å². The number of hydrogen-bond acceptors (Lipinski definition) is 8. The maximum atomic E-state index is 5.44. The second kappa shape index (κ2) is 8.22. The molecule has 8 heteroatoms. The molecule has 2 heterocycles. The summed E-state index contributed by atoms with van der Waals surface area (Å²) in [6.45, 7) is 1.56. The highest BCUT2D eigenvalue weighted by Crippen LogP contribution is 2.34. The van der Waals surface area contributed by atoms with Gasteiger partial charge in [0.05, 0.1) is 27.5 Å². The number of benzene rings is 2. The van der Waals surface area contributed by atoms with E-state index < -0.39 is 0 Å². The van der Waals surface area contributed by atoms with Gasteiger partial charge in [0.2, 0.25) is 5.95 Å². The molecule has 3 aromatic rings. The van der Waals surface area contributed by atoms with Crippen LogP contribution >= 0.6 is 0 Å². The van der Waals surface area contributed by atoms with Crippen molar-refractivity contribution in [2.75, 3.05) is 38.1 Å². The summed E-state index contributed by atoms with van der Waals surface area (Å²) < 4.78 is 16.0. The minimum Gasteiger partial charge on any atom is -0.497 e. The van der Waals surface area contributed by atoms with Gasteiger partial charge in [0, 0.05) is 18.8 Å². The van der Waals surface area contributed by atoms with E-state index in [2.05, 4.69) is 31.5 Å². The molecule has 1 N–H and O–H groups in total. The summed E-state index contributed by atoms with van der Waals surface area (Å²) in [5.74, 6) is 3.51. The number of aromatic nitrogens is 3. The van der Waals surface area contributed by atoms with Gasteiger partial charge in [0.15, 0.2) is 17.3 Å². The van der Waals surface area contributed by atoms with Crippen LogP contribution in [0.15, 0.2) is 42.6 Å². The van der Waals surface area contributed by atoms with Gasteiger partial charge < -0.3 is 24.4 Å². The fraction of sp³-hybridized carbons (Fsp3) is 0.286. The SMILES string of the molecule is COc1ccc(Nc2nncc(N3CCc4cc(OC)c(OC)cc4C3)n2)cc1. The predicted molar refractivity (Wildman–Crippen MR) is 110 cm³/mol. The van der Waals surface area contributed by atoms with Gasteiger partial charge in [-0.25, -0.2) is 0 Å². The first kappa shape index (κ1) is 18.8. The largest absolute Gasteiger partial charge is 0.497 e. The fourth-order valence-corrected chi connectivity index (χ4v) is 3.38. The Morgan fingerprint density at radius 1 is 0.931 bits per heavy atom. The van der Waals surface area contributed by atoms with Crippen LogP contribution in [0.5, 0.6) is 17.2 Å². The minimum atomic E-state index is 0.450. The van der Waals surface area contributed by atoms with Crippen molar-refractivity contribution in [2.24, 2.45) is 0 Å². The van der Waals surface area contributed by atoms with Gasteiger partial charge in [-0.1, -0.05) is 0 Å². The fourth-order valence-electron chi connectivity index (χ4n) is 3.38. The van der Waals surface area contributed by atoms with E-state index in [1.807, 2.05) is 30.3 Å². The lowest BCUT2D eigenvalue weighted by Crippen LogP contribution is -2.31. The predicted octanol–water partition coefficient (Wildman–Crippen LogP) is 3.20. The number of rotatable bonds is 6. The van der Waals surface area contributed by atoms with Crippen LogP contribution in [0.25, 0.3) is 0 Å². The van der Waals surface area contributed by atoms with E-state index >= 15 is 0 Å². The van der Waals surface area contributed by atoms with E-state index in [1.54, 1.807) is 27.5 Å². The van der Waals surface area contributed by atoms with Gasteiger partial charge in [0.25, 0.3) is 0 Å². The van der Waals surface area contributed by atoms with Crippen molar-refractivity contribution in [3.8, 4) is 17.2 Å². The third-order valence-electron chi connectivity index (χ3n) is 4.93. The summed E-state index contributed by atoms with van der Waals surface area (Å²) >= 11 is 0. The molecular formula is C21H23N5O3. The highest BCUT2D eigenvalue weighted by atomic mass is 16.5. The molecule has 1 aliphatic heterocycles. The van der Waals surface area contributed by atoms with Crippen molar-refractivity contribution >= 4 is 17.5 Å². The molecule has 1 aliphatic rings. The first-order chi connectivity index (χ1) is 14.2. The standard InChI is InChI=1S/C21H23N5O3/c1-27-17-6-4-16(5-7-17)23-21-24-20(12-22-25-21)26-9-8-14-10-18(28-2)19(29-3)11-15(14)13-26/h4-7,10-12H,8-9,13H2,1-3H3,(H,23,24,25). The monoisotopic (exact) mass is 393 g/mol. The summed E-state index contributed by atoms with van der Waals surface area (Å²) in [4.78, 5) is 6.82. The lowest BCUT2D eigenvalue weighted by atomic mass is 9.99. The summed E-state index contributed by atoms with van der Waals surface area (Å²) in [6.07, 6.45) is 2.58. The molecular weight excluding hydrogens is 370 g/mol. The van der Waals surface area contributed by atoms with Crippen LogP contribution in [0.1, 0.15) is 11.1 Å². The van der Waals surface area contributed by atoms with Crippen LogP contribution in [0.2, 0.25) is 0 Å². The number of ether oxygens (including phenoxy) is 3. The molecule has 0 saturated heterocycles. The number of methoxy groups -OCH3 is 3. The number of nitrogens with zero attached hydrogens (tertiary/aromatic N) is 4. The second-order valence-corrected chi connectivity index (χ2v) is 6.64. The lowest BCUT2D eigenvalue weighted by molar-refractivity contribution is 0.353. The van der Waals surface area contributed by atoms with Gasteiger partial charge >= 0.3 is 0 Å². The van der Waals surface area contributed by atoms with E-state index in [0.29, 0.717) is 5.95 Å². The highest BCUT2D eigenvalue weighted by molar-refractivity contribution is 5.56. The number of fused-ring (bicyclic) bond motifs is 1. The third kappa shape index (κ3) is 4.01. The molecule has 0 bridgehead atoms. The maximum Gasteiger partial charge on any atom is 0.249 e. The van der Waals surface area contributed by atoms with Gasteiger partial charge in [-0.15, -0.1) is 5.10 Å². The van der Waals surface area contributed by atoms with Crippen molar-refractivity contribution < 1.29 is 14.2 Å². The van der Waals surface area contributed by atoms with Crippen LogP contribution in [-0.4, -0.2) is 43.1 Å². The highest BCUT2D eigenvalue weighted by Gasteiger charge is 2.21. The molecule has 0 amide bonds. The Kier molecular flexibility index (Phi) is 5.33. The Labute approximate surface area is 169 Å². The average Bonchev–Trinajstić information content (AvgIpc) is 2.78. The molecule has 0 atom stereocenters. The second-order valence-electron chi connectivity index (χ2n) is 6.64. The summed E-state index contributed by atoms with van der Waals surface area (Å²) in [7, 11) is 4.95. The van der Waals surface area contributed by atoms with Crippen molar-refractivity contribution in [1.29, 1.82) is 0 Å². The van der Waals surface area contributed by atoms with Crippen LogP contribution in [-0.2, 0) is 13.0 Å². The molecule has 8 nitrogen and oxygen atoms in total. The Hall–Kier alpha value is -3.55. The van der Waals surface area contributed by atoms with Crippen molar-refractivity contribution in [1.82, 2.24) is 15.2 Å². The Balaban J connectivity index is 1.53. The van der Waals surface area contributed by atoms with Crippen LogP contribution in [0.3, 0.4) is 0 Å². The Morgan fingerprint density at radius 2 is 1.66 bits per heavy atom. The van der Waals surface area contributed by atoms with Crippen molar-refractivity contribution in [3.63, 3.8) is 0 Å². The zero-order valence-corrected chi connectivity index (χ0v) is 16.7. The molecule has 4 rings (SSSR count). The maximum absolute atomic E-state index is 5.44. The van der Waals surface area contributed by atoms with E-state index in [9.17, 15) is 0 Å². The summed E-state index contributed by atoms with van der Waals surface area (Å²) in [5.41, 5.74) is 3.32.